The Kier molecular flexibility index (Phi) is 5.22. The van der Waals surface area contributed by atoms with Gasteiger partial charge in [0.2, 0.25) is 0 Å². The lowest BCUT2D eigenvalue weighted by atomic mass is 10.1. The van der Waals surface area contributed by atoms with Crippen LogP contribution in [0, 0.1) is 5.92 Å². The maximum atomic E-state index is 11.7. The van der Waals surface area contributed by atoms with E-state index in [2.05, 4.69) is 40.1 Å². The first kappa shape index (κ1) is 13.5. The fourth-order valence-corrected chi connectivity index (χ4v) is 1.67. The summed E-state index contributed by atoms with van der Waals surface area (Å²) in [6.45, 7) is 4.87. The van der Waals surface area contributed by atoms with Gasteiger partial charge < -0.3 is 5.32 Å². The molecule has 3 nitrogen and oxygen atoms in total. The van der Waals surface area contributed by atoms with Gasteiger partial charge in [-0.2, -0.15) is 0 Å². The van der Waals surface area contributed by atoms with Crippen LogP contribution in [0.25, 0.3) is 0 Å². The molecule has 1 amide bonds. The average Bonchev–Trinajstić information content (AvgIpc) is 2.21. The molecule has 16 heavy (non-hydrogen) atoms. The van der Waals surface area contributed by atoms with E-state index in [1.807, 2.05) is 0 Å². The quantitative estimate of drug-likeness (QED) is 0.868. The summed E-state index contributed by atoms with van der Waals surface area (Å²) in [5.41, 5.74) is 0.403. The minimum atomic E-state index is -0.181. The van der Waals surface area contributed by atoms with Gasteiger partial charge in [0.25, 0.3) is 5.91 Å². The van der Waals surface area contributed by atoms with Gasteiger partial charge >= 0.3 is 0 Å². The van der Waals surface area contributed by atoms with Crippen molar-refractivity contribution in [3.05, 3.63) is 27.5 Å². The van der Waals surface area contributed by atoms with Crippen LogP contribution < -0.4 is 5.32 Å². The Morgan fingerprint density at radius 2 is 2.31 bits per heavy atom. The Morgan fingerprint density at radius 3 is 2.94 bits per heavy atom. The molecule has 1 N–H and O–H groups in total. The first-order valence-corrected chi connectivity index (χ1v) is 6.27. The number of hydrogen-bond acceptors (Lipinski definition) is 2. The molecule has 0 spiro atoms. The molecule has 1 heterocycles. The van der Waals surface area contributed by atoms with Crippen molar-refractivity contribution >= 4 is 33.4 Å². The fourth-order valence-electron chi connectivity index (χ4n) is 1.15. The van der Waals surface area contributed by atoms with Crippen LogP contribution in [0.5, 0.6) is 0 Å². The number of pyridine rings is 1. The molecule has 1 rings (SSSR count). The number of carbonyl (C=O) groups is 1. The standard InChI is InChI=1S/C11H14BrClN2O/c1-7(2)3-4-14-11(16)9-5-8(12)6-15-10(9)13/h5-7H,3-4H2,1-2H3,(H,14,16). The van der Waals surface area contributed by atoms with Gasteiger partial charge in [-0.15, -0.1) is 0 Å². The van der Waals surface area contributed by atoms with E-state index in [9.17, 15) is 4.79 Å². The highest BCUT2D eigenvalue weighted by Crippen LogP contribution is 2.17. The summed E-state index contributed by atoms with van der Waals surface area (Å²) in [7, 11) is 0. The van der Waals surface area contributed by atoms with Gasteiger partial charge in [-0.25, -0.2) is 4.98 Å². The third-order valence-electron chi connectivity index (χ3n) is 2.06. The van der Waals surface area contributed by atoms with Gasteiger partial charge in [-0.05, 0) is 34.3 Å². The van der Waals surface area contributed by atoms with E-state index >= 15 is 0 Å². The van der Waals surface area contributed by atoms with E-state index < -0.39 is 0 Å². The molecule has 0 aromatic carbocycles. The SMILES string of the molecule is CC(C)CCNC(=O)c1cc(Br)cnc1Cl. The molecule has 0 aliphatic rings. The van der Waals surface area contributed by atoms with Gasteiger partial charge in [0.15, 0.2) is 0 Å². The first-order chi connectivity index (χ1) is 7.50. The maximum absolute atomic E-state index is 11.7. The third-order valence-corrected chi connectivity index (χ3v) is 2.79. The molecule has 0 aliphatic heterocycles. The number of amides is 1. The van der Waals surface area contributed by atoms with E-state index in [0.717, 1.165) is 10.9 Å². The highest BCUT2D eigenvalue weighted by atomic mass is 79.9. The van der Waals surface area contributed by atoms with Crippen LogP contribution in [0.1, 0.15) is 30.6 Å². The molecule has 0 fully saturated rings. The largest absolute Gasteiger partial charge is 0.352 e. The topological polar surface area (TPSA) is 42.0 Å². The van der Waals surface area contributed by atoms with E-state index in [1.165, 1.54) is 0 Å². The van der Waals surface area contributed by atoms with Crippen LogP contribution in [0.2, 0.25) is 5.15 Å². The van der Waals surface area contributed by atoms with Crippen LogP contribution in [-0.4, -0.2) is 17.4 Å². The first-order valence-electron chi connectivity index (χ1n) is 5.10. The molecular formula is C11H14BrClN2O. The predicted molar refractivity (Wildman–Crippen MR) is 68.7 cm³/mol. The molecule has 5 heteroatoms. The summed E-state index contributed by atoms with van der Waals surface area (Å²) in [5, 5.41) is 3.04. The number of carbonyl (C=O) groups excluding carboxylic acids is 1. The van der Waals surface area contributed by atoms with E-state index in [1.54, 1.807) is 12.3 Å². The van der Waals surface area contributed by atoms with Crippen molar-refractivity contribution in [1.29, 1.82) is 0 Å². The summed E-state index contributed by atoms with van der Waals surface area (Å²) in [5.74, 6) is 0.385. The smallest absolute Gasteiger partial charge is 0.254 e. The number of halogens is 2. The van der Waals surface area contributed by atoms with Gasteiger partial charge in [-0.1, -0.05) is 25.4 Å². The monoisotopic (exact) mass is 304 g/mol. The number of nitrogens with zero attached hydrogens (tertiary/aromatic N) is 1. The number of aromatic nitrogens is 1. The molecule has 1 aromatic rings. The van der Waals surface area contributed by atoms with Crippen molar-refractivity contribution in [2.24, 2.45) is 5.92 Å². The van der Waals surface area contributed by atoms with Gasteiger partial charge in [0.1, 0.15) is 5.15 Å². The van der Waals surface area contributed by atoms with Crippen LogP contribution in [-0.2, 0) is 0 Å². The second-order valence-electron chi connectivity index (χ2n) is 3.93. The second-order valence-corrected chi connectivity index (χ2v) is 5.20. The predicted octanol–water partition coefficient (Wildman–Crippen LogP) is 3.27. The van der Waals surface area contributed by atoms with E-state index in [-0.39, 0.29) is 11.1 Å². The van der Waals surface area contributed by atoms with Crippen molar-refractivity contribution in [3.8, 4) is 0 Å². The zero-order valence-corrected chi connectivity index (χ0v) is 11.6. The molecule has 0 aliphatic carbocycles. The van der Waals surface area contributed by atoms with Gasteiger partial charge in [-0.3, -0.25) is 4.79 Å². The van der Waals surface area contributed by atoms with E-state index in [4.69, 9.17) is 11.6 Å². The van der Waals surface area contributed by atoms with Crippen molar-refractivity contribution in [2.45, 2.75) is 20.3 Å². The van der Waals surface area contributed by atoms with Gasteiger partial charge in [0.05, 0.1) is 5.56 Å². The molecule has 0 atom stereocenters. The number of nitrogens with one attached hydrogen (secondary N) is 1. The summed E-state index contributed by atoms with van der Waals surface area (Å²) >= 11 is 9.09. The van der Waals surface area contributed by atoms with Crippen molar-refractivity contribution in [2.75, 3.05) is 6.54 Å². The Balaban J connectivity index is 2.62. The third kappa shape index (κ3) is 4.10. The highest BCUT2D eigenvalue weighted by Gasteiger charge is 2.11. The van der Waals surface area contributed by atoms with Crippen molar-refractivity contribution in [3.63, 3.8) is 0 Å². The van der Waals surface area contributed by atoms with E-state index in [0.29, 0.717) is 18.0 Å². The van der Waals surface area contributed by atoms with Crippen LogP contribution in [0.3, 0.4) is 0 Å². The molecule has 0 bridgehead atoms. The zero-order chi connectivity index (χ0) is 12.1. The van der Waals surface area contributed by atoms with Crippen LogP contribution in [0.15, 0.2) is 16.7 Å². The van der Waals surface area contributed by atoms with Crippen LogP contribution in [0.4, 0.5) is 0 Å². The minimum Gasteiger partial charge on any atom is -0.352 e. The fraction of sp³-hybridized carbons (Fsp3) is 0.455. The van der Waals surface area contributed by atoms with Gasteiger partial charge in [0, 0.05) is 17.2 Å². The molecule has 1 aromatic heterocycles. The Morgan fingerprint density at radius 1 is 1.62 bits per heavy atom. The molecule has 0 radical (unpaired) electrons. The molecular weight excluding hydrogens is 291 g/mol. The summed E-state index contributed by atoms with van der Waals surface area (Å²) in [4.78, 5) is 15.6. The van der Waals surface area contributed by atoms with Crippen LogP contribution >= 0.6 is 27.5 Å². The van der Waals surface area contributed by atoms with Crippen molar-refractivity contribution < 1.29 is 4.79 Å². The zero-order valence-electron chi connectivity index (χ0n) is 9.26. The minimum absolute atomic E-state index is 0.181. The Hall–Kier alpha value is -0.610. The normalized spacial score (nSPS) is 10.6. The molecule has 0 unspecified atom stereocenters. The Bertz CT molecular complexity index is 382. The lowest BCUT2D eigenvalue weighted by molar-refractivity contribution is 0.0951. The lowest BCUT2D eigenvalue weighted by Gasteiger charge is -2.08. The summed E-state index contributed by atoms with van der Waals surface area (Å²) < 4.78 is 0.742. The maximum Gasteiger partial charge on any atom is 0.254 e. The molecule has 0 saturated carbocycles. The second kappa shape index (κ2) is 6.21. The molecule has 0 saturated heterocycles. The summed E-state index contributed by atoms with van der Waals surface area (Å²) in [6, 6.07) is 1.67. The summed E-state index contributed by atoms with van der Waals surface area (Å²) in [6.07, 6.45) is 2.51. The number of rotatable bonds is 4. The van der Waals surface area contributed by atoms with Crippen molar-refractivity contribution in [1.82, 2.24) is 10.3 Å². The molecule has 88 valence electrons. The number of hydrogen-bond donors (Lipinski definition) is 1. The highest BCUT2D eigenvalue weighted by molar-refractivity contribution is 9.10. The lowest BCUT2D eigenvalue weighted by Crippen LogP contribution is -2.25. The average molecular weight is 306 g/mol. The Labute approximate surface area is 109 Å².